The van der Waals surface area contributed by atoms with Gasteiger partial charge in [-0.05, 0) is 47.4 Å². The Morgan fingerprint density at radius 3 is 2.29 bits per heavy atom. The largest absolute Gasteiger partial charge is 0.508 e. The van der Waals surface area contributed by atoms with Crippen LogP contribution in [0.3, 0.4) is 0 Å². The van der Waals surface area contributed by atoms with Gasteiger partial charge in [0.1, 0.15) is 5.75 Å². The summed E-state index contributed by atoms with van der Waals surface area (Å²) in [5.41, 5.74) is 2.71. The van der Waals surface area contributed by atoms with E-state index in [1.165, 1.54) is 12.1 Å². The molecule has 3 N–H and O–H groups in total. The molecule has 0 unspecified atom stereocenters. The molecule has 0 heterocycles. The number of aryl methyl sites for hydroxylation is 1. The lowest BCUT2D eigenvalue weighted by molar-refractivity contribution is 0.404. The molecule has 0 atom stereocenters. The second-order valence-electron chi connectivity index (χ2n) is 3.90. The normalized spacial score (nSPS) is 10.4. The third kappa shape index (κ3) is 2.18. The van der Waals surface area contributed by atoms with E-state index >= 15 is 0 Å². The number of aromatic hydroxyl groups is 3. The fourth-order valence-corrected chi connectivity index (χ4v) is 1.83. The summed E-state index contributed by atoms with van der Waals surface area (Å²) < 4.78 is 0. The second kappa shape index (κ2) is 4.37. The standard InChI is InChI=1S/C14H14O3/c1-2-9-3-5-11(15)8-12(9)10-4-6-13(16)14(17)7-10/h3-8,15-17H,2H2,1H3. The zero-order valence-electron chi connectivity index (χ0n) is 9.51. The highest BCUT2D eigenvalue weighted by molar-refractivity contribution is 5.71. The maximum atomic E-state index is 9.51. The Morgan fingerprint density at radius 2 is 1.65 bits per heavy atom. The van der Waals surface area contributed by atoms with Crippen LogP contribution in [0.5, 0.6) is 17.2 Å². The molecule has 0 bridgehead atoms. The molecule has 0 radical (unpaired) electrons. The maximum Gasteiger partial charge on any atom is 0.158 e. The summed E-state index contributed by atoms with van der Waals surface area (Å²) in [5.74, 6) is -0.121. The number of phenols is 3. The summed E-state index contributed by atoms with van der Waals surface area (Å²) in [7, 11) is 0. The molecular weight excluding hydrogens is 216 g/mol. The average molecular weight is 230 g/mol. The molecule has 0 fully saturated rings. The van der Waals surface area contributed by atoms with Crippen molar-refractivity contribution < 1.29 is 15.3 Å². The van der Waals surface area contributed by atoms with Crippen LogP contribution in [0.1, 0.15) is 12.5 Å². The van der Waals surface area contributed by atoms with Crippen molar-refractivity contribution in [1.82, 2.24) is 0 Å². The first-order valence-electron chi connectivity index (χ1n) is 5.46. The Kier molecular flexibility index (Phi) is 2.91. The van der Waals surface area contributed by atoms with Crippen molar-refractivity contribution in [2.75, 3.05) is 0 Å². The third-order valence-electron chi connectivity index (χ3n) is 2.76. The van der Waals surface area contributed by atoms with E-state index < -0.39 is 0 Å². The van der Waals surface area contributed by atoms with Crippen LogP contribution in [0.4, 0.5) is 0 Å². The molecule has 3 heteroatoms. The third-order valence-corrected chi connectivity index (χ3v) is 2.76. The molecule has 17 heavy (non-hydrogen) atoms. The Hall–Kier alpha value is -2.16. The zero-order valence-corrected chi connectivity index (χ0v) is 9.51. The van der Waals surface area contributed by atoms with E-state index in [4.69, 9.17) is 0 Å². The van der Waals surface area contributed by atoms with Gasteiger partial charge in [0.05, 0.1) is 0 Å². The lowest BCUT2D eigenvalue weighted by Crippen LogP contribution is -1.87. The van der Waals surface area contributed by atoms with Crippen molar-refractivity contribution in [2.45, 2.75) is 13.3 Å². The van der Waals surface area contributed by atoms with Gasteiger partial charge in [0.2, 0.25) is 0 Å². The highest BCUT2D eigenvalue weighted by Crippen LogP contribution is 2.33. The fraction of sp³-hybridized carbons (Fsp3) is 0.143. The van der Waals surface area contributed by atoms with Gasteiger partial charge in [-0.15, -0.1) is 0 Å². The van der Waals surface area contributed by atoms with Gasteiger partial charge in [-0.1, -0.05) is 19.1 Å². The lowest BCUT2D eigenvalue weighted by atomic mass is 9.97. The number of hydrogen-bond acceptors (Lipinski definition) is 3. The molecule has 0 aliphatic heterocycles. The Bertz CT molecular complexity index is 547. The molecule has 0 saturated carbocycles. The van der Waals surface area contributed by atoms with Crippen LogP contribution in [0.25, 0.3) is 11.1 Å². The molecule has 2 aromatic carbocycles. The topological polar surface area (TPSA) is 60.7 Å². The number of benzene rings is 2. The number of hydrogen-bond donors (Lipinski definition) is 3. The average Bonchev–Trinajstić information content (AvgIpc) is 2.32. The first-order valence-corrected chi connectivity index (χ1v) is 5.46. The summed E-state index contributed by atoms with van der Waals surface area (Å²) in [4.78, 5) is 0. The molecule has 0 spiro atoms. The van der Waals surface area contributed by atoms with E-state index in [-0.39, 0.29) is 17.2 Å². The predicted molar refractivity (Wildman–Crippen MR) is 66.3 cm³/mol. The van der Waals surface area contributed by atoms with Crippen LogP contribution in [-0.2, 0) is 6.42 Å². The summed E-state index contributed by atoms with van der Waals surface area (Å²) >= 11 is 0. The van der Waals surface area contributed by atoms with Crippen LogP contribution in [0, 0.1) is 0 Å². The van der Waals surface area contributed by atoms with Crippen molar-refractivity contribution in [3.63, 3.8) is 0 Å². The smallest absolute Gasteiger partial charge is 0.158 e. The molecule has 0 aliphatic carbocycles. The second-order valence-corrected chi connectivity index (χ2v) is 3.90. The van der Waals surface area contributed by atoms with Gasteiger partial charge >= 0.3 is 0 Å². The molecule has 3 nitrogen and oxygen atoms in total. The van der Waals surface area contributed by atoms with E-state index in [2.05, 4.69) is 0 Å². The number of phenolic OH excluding ortho intramolecular Hbond substituents is 3. The summed E-state index contributed by atoms with van der Waals surface area (Å²) in [6.45, 7) is 2.02. The van der Waals surface area contributed by atoms with Crippen molar-refractivity contribution in [3.8, 4) is 28.4 Å². The van der Waals surface area contributed by atoms with E-state index in [0.717, 1.165) is 23.1 Å². The molecule has 2 aromatic rings. The van der Waals surface area contributed by atoms with Crippen LogP contribution in [0.15, 0.2) is 36.4 Å². The van der Waals surface area contributed by atoms with Crippen LogP contribution >= 0.6 is 0 Å². The van der Waals surface area contributed by atoms with Crippen molar-refractivity contribution in [1.29, 1.82) is 0 Å². The van der Waals surface area contributed by atoms with Crippen LogP contribution in [-0.4, -0.2) is 15.3 Å². The van der Waals surface area contributed by atoms with Gasteiger partial charge in [0.25, 0.3) is 0 Å². The van der Waals surface area contributed by atoms with Crippen molar-refractivity contribution in [3.05, 3.63) is 42.0 Å². The van der Waals surface area contributed by atoms with E-state index in [1.54, 1.807) is 18.2 Å². The summed E-state index contributed by atoms with van der Waals surface area (Å²) in [5, 5.41) is 28.3. The van der Waals surface area contributed by atoms with Gasteiger partial charge in [0.15, 0.2) is 11.5 Å². The molecule has 0 aromatic heterocycles. The van der Waals surface area contributed by atoms with E-state index in [0.29, 0.717) is 0 Å². The van der Waals surface area contributed by atoms with E-state index in [1.807, 2.05) is 13.0 Å². The summed E-state index contributed by atoms with van der Waals surface area (Å²) in [6, 6.07) is 9.79. The quantitative estimate of drug-likeness (QED) is 0.695. The molecule has 0 aliphatic rings. The minimum absolute atomic E-state index is 0.146. The Balaban J connectivity index is 2.58. The predicted octanol–water partition coefficient (Wildman–Crippen LogP) is 3.03. The van der Waals surface area contributed by atoms with Crippen molar-refractivity contribution in [2.24, 2.45) is 0 Å². The SMILES string of the molecule is CCc1ccc(O)cc1-c1ccc(O)c(O)c1. The summed E-state index contributed by atoms with van der Waals surface area (Å²) in [6.07, 6.45) is 0.831. The monoisotopic (exact) mass is 230 g/mol. The van der Waals surface area contributed by atoms with Gasteiger partial charge in [0, 0.05) is 0 Å². The first-order chi connectivity index (χ1) is 8.11. The van der Waals surface area contributed by atoms with Gasteiger partial charge in [-0.2, -0.15) is 0 Å². The molecular formula is C14H14O3. The van der Waals surface area contributed by atoms with Gasteiger partial charge in [-0.25, -0.2) is 0 Å². The minimum atomic E-state index is -0.159. The molecule has 88 valence electrons. The Morgan fingerprint density at radius 1 is 0.882 bits per heavy atom. The maximum absolute atomic E-state index is 9.51. The zero-order chi connectivity index (χ0) is 12.4. The number of rotatable bonds is 2. The van der Waals surface area contributed by atoms with Crippen LogP contribution in [0.2, 0.25) is 0 Å². The lowest BCUT2D eigenvalue weighted by Gasteiger charge is -2.09. The highest BCUT2D eigenvalue weighted by atomic mass is 16.3. The molecule has 0 amide bonds. The first kappa shape index (κ1) is 11.3. The Labute approximate surface area is 99.6 Å². The van der Waals surface area contributed by atoms with Crippen LogP contribution < -0.4 is 0 Å². The molecule has 0 saturated heterocycles. The molecule has 2 rings (SSSR count). The highest BCUT2D eigenvalue weighted by Gasteiger charge is 2.07. The van der Waals surface area contributed by atoms with Gasteiger partial charge in [-0.3, -0.25) is 0 Å². The van der Waals surface area contributed by atoms with Crippen molar-refractivity contribution >= 4 is 0 Å². The fourth-order valence-electron chi connectivity index (χ4n) is 1.83. The van der Waals surface area contributed by atoms with E-state index in [9.17, 15) is 15.3 Å². The van der Waals surface area contributed by atoms with Gasteiger partial charge < -0.3 is 15.3 Å². The minimum Gasteiger partial charge on any atom is -0.508 e.